The minimum absolute atomic E-state index is 0.142. The molecule has 1 heterocycles. The van der Waals surface area contributed by atoms with Crippen LogP contribution in [0.4, 0.5) is 0 Å². The first-order valence-electron chi connectivity index (χ1n) is 11.2. The van der Waals surface area contributed by atoms with Gasteiger partial charge in [0.25, 0.3) is 0 Å². The van der Waals surface area contributed by atoms with Crippen molar-refractivity contribution in [1.82, 2.24) is 10.3 Å². The second-order valence-corrected chi connectivity index (χ2v) is 10.7. The predicted molar refractivity (Wildman–Crippen MR) is 118 cm³/mol. The molecule has 1 amide bonds. The van der Waals surface area contributed by atoms with Crippen LogP contribution < -0.4 is 5.32 Å². The van der Waals surface area contributed by atoms with Crippen LogP contribution in [0.25, 0.3) is 0 Å². The molecule has 2 aromatic rings. The van der Waals surface area contributed by atoms with E-state index in [9.17, 15) is 14.9 Å². The molecule has 1 atom stereocenters. The number of thiazole rings is 1. The molecule has 6 heteroatoms. The zero-order chi connectivity index (χ0) is 21.6. The van der Waals surface area contributed by atoms with E-state index in [-0.39, 0.29) is 17.1 Å². The summed E-state index contributed by atoms with van der Waals surface area (Å²) < 4.78 is 0. The second-order valence-electron chi connectivity index (χ2n) is 9.83. The molecule has 1 unspecified atom stereocenters. The number of rotatable bonds is 6. The molecular weight excluding hydrogens is 406 g/mol. The lowest BCUT2D eigenvalue weighted by atomic mass is 9.49. The lowest BCUT2D eigenvalue weighted by Gasteiger charge is -2.55. The second kappa shape index (κ2) is 7.87. The van der Waals surface area contributed by atoms with Gasteiger partial charge in [0, 0.05) is 28.6 Å². The van der Waals surface area contributed by atoms with Crippen LogP contribution in [0.5, 0.6) is 0 Å². The van der Waals surface area contributed by atoms with Gasteiger partial charge < -0.3 is 5.32 Å². The summed E-state index contributed by atoms with van der Waals surface area (Å²) in [6.45, 7) is 2.33. The van der Waals surface area contributed by atoms with Crippen molar-refractivity contribution in [2.45, 2.75) is 57.9 Å². The molecule has 31 heavy (non-hydrogen) atoms. The van der Waals surface area contributed by atoms with Gasteiger partial charge in [-0.25, -0.2) is 4.98 Å². The fourth-order valence-electron chi connectivity index (χ4n) is 6.44. The average Bonchev–Trinajstić information content (AvgIpc) is 3.17. The van der Waals surface area contributed by atoms with Gasteiger partial charge in [0.05, 0.1) is 6.07 Å². The summed E-state index contributed by atoms with van der Waals surface area (Å²) in [5, 5.41) is 15.1. The lowest BCUT2D eigenvalue weighted by Crippen LogP contribution is -2.53. The number of carbonyl (C=O) groups excluding carboxylic acids is 2. The van der Waals surface area contributed by atoms with Crippen LogP contribution >= 0.6 is 11.3 Å². The van der Waals surface area contributed by atoms with E-state index in [0.29, 0.717) is 17.1 Å². The summed E-state index contributed by atoms with van der Waals surface area (Å²) in [7, 11) is 0. The minimum Gasteiger partial charge on any atom is -0.352 e. The molecule has 160 valence electrons. The average molecular weight is 434 g/mol. The molecular formula is C25H27N3O2S. The lowest BCUT2D eigenvalue weighted by molar-refractivity contribution is -0.146. The largest absolute Gasteiger partial charge is 0.352 e. The Morgan fingerprint density at radius 1 is 1.16 bits per heavy atom. The van der Waals surface area contributed by atoms with Crippen molar-refractivity contribution in [1.29, 1.82) is 5.26 Å². The number of nitrogens with one attached hydrogen (secondary N) is 1. The topological polar surface area (TPSA) is 82.9 Å². The molecule has 0 spiro atoms. The summed E-state index contributed by atoms with van der Waals surface area (Å²) >= 11 is 1.34. The van der Waals surface area contributed by atoms with E-state index in [2.05, 4.69) is 16.4 Å². The van der Waals surface area contributed by atoms with E-state index in [0.717, 1.165) is 48.3 Å². The van der Waals surface area contributed by atoms with E-state index in [4.69, 9.17) is 0 Å². The van der Waals surface area contributed by atoms with Crippen molar-refractivity contribution in [2.75, 3.05) is 0 Å². The monoisotopic (exact) mass is 433 g/mol. The van der Waals surface area contributed by atoms with Gasteiger partial charge in [0.15, 0.2) is 11.7 Å². The van der Waals surface area contributed by atoms with Crippen LogP contribution in [0.2, 0.25) is 0 Å². The predicted octanol–water partition coefficient (Wildman–Crippen LogP) is 4.77. The van der Waals surface area contributed by atoms with Gasteiger partial charge in [0.1, 0.15) is 5.01 Å². The van der Waals surface area contributed by atoms with Crippen LogP contribution in [-0.2, 0) is 11.3 Å². The summed E-state index contributed by atoms with van der Waals surface area (Å²) in [6.07, 6.45) is 7.16. The third kappa shape index (κ3) is 3.80. The number of ketones is 1. The number of benzene rings is 1. The number of nitrogens with zero attached hydrogens (tertiary/aromatic N) is 2. The fraction of sp³-hybridized carbons (Fsp3) is 0.520. The van der Waals surface area contributed by atoms with Crippen molar-refractivity contribution >= 4 is 23.0 Å². The molecule has 0 aliphatic heterocycles. The van der Waals surface area contributed by atoms with Gasteiger partial charge in [0.2, 0.25) is 5.91 Å². The number of aryl methyl sites for hydroxylation is 1. The number of hydrogen-bond donors (Lipinski definition) is 1. The fourth-order valence-corrected chi connectivity index (χ4v) is 7.28. The molecule has 5 nitrogen and oxygen atoms in total. The number of nitriles is 1. The Balaban J connectivity index is 1.22. The maximum absolute atomic E-state index is 13.1. The van der Waals surface area contributed by atoms with E-state index in [1.54, 1.807) is 12.1 Å². The normalized spacial score (nSPS) is 29.4. The highest BCUT2D eigenvalue weighted by Crippen LogP contribution is 2.60. The number of amides is 1. The van der Waals surface area contributed by atoms with Crippen LogP contribution in [0.15, 0.2) is 29.6 Å². The van der Waals surface area contributed by atoms with E-state index >= 15 is 0 Å². The third-order valence-electron chi connectivity index (χ3n) is 7.49. The molecule has 6 rings (SSSR count). The Bertz CT molecular complexity index is 1010. The van der Waals surface area contributed by atoms with Gasteiger partial charge in [-0.1, -0.05) is 24.3 Å². The van der Waals surface area contributed by atoms with Gasteiger partial charge >= 0.3 is 0 Å². The van der Waals surface area contributed by atoms with Crippen molar-refractivity contribution in [3.05, 3.63) is 51.5 Å². The van der Waals surface area contributed by atoms with Gasteiger partial charge in [-0.2, -0.15) is 5.26 Å². The highest BCUT2D eigenvalue weighted by molar-refractivity contribution is 7.10. The zero-order valence-electron chi connectivity index (χ0n) is 17.8. The van der Waals surface area contributed by atoms with Crippen LogP contribution in [-0.4, -0.2) is 16.7 Å². The van der Waals surface area contributed by atoms with Crippen molar-refractivity contribution < 1.29 is 9.59 Å². The van der Waals surface area contributed by atoms with Crippen LogP contribution in [0, 0.1) is 41.4 Å². The Hall–Kier alpha value is -2.52. The molecule has 4 saturated carbocycles. The smallest absolute Gasteiger partial charge is 0.226 e. The summed E-state index contributed by atoms with van der Waals surface area (Å²) in [5.74, 6) is 1.35. The summed E-state index contributed by atoms with van der Waals surface area (Å²) in [4.78, 5) is 30.2. The Morgan fingerprint density at radius 2 is 1.77 bits per heavy atom. The number of hydrogen-bond acceptors (Lipinski definition) is 5. The first kappa shape index (κ1) is 20.4. The van der Waals surface area contributed by atoms with Crippen molar-refractivity contribution in [3.8, 4) is 6.07 Å². The maximum Gasteiger partial charge on any atom is 0.226 e. The molecule has 0 saturated heterocycles. The van der Waals surface area contributed by atoms with Gasteiger partial charge in [-0.15, -0.1) is 11.3 Å². The zero-order valence-corrected chi connectivity index (χ0v) is 18.6. The molecule has 4 aliphatic rings. The first-order chi connectivity index (χ1) is 15.0. The van der Waals surface area contributed by atoms with E-state index < -0.39 is 5.92 Å². The summed E-state index contributed by atoms with van der Waals surface area (Å²) in [6, 6.07) is 9.33. The van der Waals surface area contributed by atoms with E-state index in [1.807, 2.05) is 24.4 Å². The Morgan fingerprint density at radius 3 is 2.29 bits per heavy atom. The number of carbonyl (C=O) groups is 2. The quantitative estimate of drug-likeness (QED) is 0.665. The van der Waals surface area contributed by atoms with Gasteiger partial charge in [-0.3, -0.25) is 9.59 Å². The molecule has 4 bridgehead atoms. The molecule has 1 N–H and O–H groups in total. The van der Waals surface area contributed by atoms with Crippen LogP contribution in [0.3, 0.4) is 0 Å². The minimum atomic E-state index is -0.875. The van der Waals surface area contributed by atoms with Gasteiger partial charge in [-0.05, 0) is 68.8 Å². The standard InChI is InChI=1S/C25H27N3O2S/c1-15-14-31-23(28-15)21(12-26)22(29)20-4-2-16(3-5-20)13-27-24(30)25-9-17-6-18(10-25)8-19(7-17)11-25/h2-5,14,17-19,21H,6-11,13H2,1H3,(H,27,30). The highest BCUT2D eigenvalue weighted by atomic mass is 32.1. The first-order valence-corrected chi connectivity index (χ1v) is 12.1. The summed E-state index contributed by atoms with van der Waals surface area (Å²) in [5.41, 5.74) is 2.14. The maximum atomic E-state index is 13.1. The van der Waals surface area contributed by atoms with Crippen LogP contribution in [0.1, 0.15) is 71.1 Å². The SMILES string of the molecule is Cc1csc(C(C#N)C(=O)c2ccc(CNC(=O)C34CC5CC(CC(C5)C3)C4)cc2)n1. The molecule has 0 radical (unpaired) electrons. The molecule has 1 aromatic heterocycles. The molecule has 1 aromatic carbocycles. The molecule has 4 aliphatic carbocycles. The Labute approximate surface area is 186 Å². The Kier molecular flexibility index (Phi) is 5.18. The third-order valence-corrected chi connectivity index (χ3v) is 8.51. The number of Topliss-reactive ketones (excluding diaryl/α,β-unsaturated/α-hetero) is 1. The van der Waals surface area contributed by atoms with E-state index in [1.165, 1.54) is 30.6 Å². The molecule has 4 fully saturated rings. The number of aromatic nitrogens is 1. The van der Waals surface area contributed by atoms with Crippen molar-refractivity contribution in [2.24, 2.45) is 23.2 Å². The van der Waals surface area contributed by atoms with Crippen molar-refractivity contribution in [3.63, 3.8) is 0 Å². The highest BCUT2D eigenvalue weighted by Gasteiger charge is 2.54.